The van der Waals surface area contributed by atoms with E-state index in [1.165, 1.54) is 30.3 Å². The number of carbonyl (C=O) groups is 1. The van der Waals surface area contributed by atoms with Crippen molar-refractivity contribution in [1.29, 1.82) is 0 Å². The summed E-state index contributed by atoms with van der Waals surface area (Å²) in [4.78, 5) is 13.0. The van der Waals surface area contributed by atoms with E-state index in [1.54, 1.807) is 0 Å². The fourth-order valence-electron chi connectivity index (χ4n) is 0.819. The lowest BCUT2D eigenvalue weighted by Gasteiger charge is -1.90. The largest absolute Gasteiger partial charge is 0.288 e. The molecule has 0 aliphatic heterocycles. The van der Waals surface area contributed by atoms with Gasteiger partial charge in [0, 0.05) is 4.91 Å². The fraction of sp³-hybridized carbons (Fsp3) is 0. The van der Waals surface area contributed by atoms with Crippen molar-refractivity contribution in [2.45, 2.75) is 0 Å². The van der Waals surface area contributed by atoms with E-state index in [1.807, 2.05) is 0 Å². The maximum atomic E-state index is 12.4. The monoisotopic (exact) mass is 191 g/mol. The summed E-state index contributed by atoms with van der Waals surface area (Å²) in [6.07, 6.45) is 2.56. The van der Waals surface area contributed by atoms with Gasteiger partial charge >= 0.3 is 0 Å². The van der Waals surface area contributed by atoms with Crippen LogP contribution in [0.25, 0.3) is 16.5 Å². The number of hydrogen-bond acceptors (Lipinski definition) is 1. The number of hydrogen-bond donors (Lipinski definition) is 0. The van der Waals surface area contributed by atoms with Gasteiger partial charge in [0.25, 0.3) is 0 Å². The number of halogens is 1. The highest BCUT2D eigenvalue weighted by molar-refractivity contribution is 5.92. The third kappa shape index (κ3) is 3.08. The van der Waals surface area contributed by atoms with Crippen LogP contribution in [-0.2, 0) is 4.79 Å². The molecule has 14 heavy (non-hydrogen) atoms. The van der Waals surface area contributed by atoms with Crippen molar-refractivity contribution in [2.24, 2.45) is 5.11 Å². The van der Waals surface area contributed by atoms with Gasteiger partial charge < -0.3 is 0 Å². The van der Waals surface area contributed by atoms with Gasteiger partial charge in [-0.05, 0) is 34.4 Å². The van der Waals surface area contributed by atoms with E-state index in [-0.39, 0.29) is 5.82 Å². The Morgan fingerprint density at radius 1 is 1.43 bits per heavy atom. The summed E-state index contributed by atoms with van der Waals surface area (Å²) in [6.45, 7) is 0. The fourth-order valence-corrected chi connectivity index (χ4v) is 0.819. The van der Waals surface area contributed by atoms with Crippen LogP contribution >= 0.6 is 0 Å². The van der Waals surface area contributed by atoms with E-state index in [0.717, 1.165) is 6.08 Å². The summed E-state index contributed by atoms with van der Waals surface area (Å²) >= 11 is 0. The van der Waals surface area contributed by atoms with Gasteiger partial charge in [-0.2, -0.15) is 0 Å². The molecule has 5 heteroatoms. The molecule has 0 aliphatic carbocycles. The highest BCUT2D eigenvalue weighted by Crippen LogP contribution is 2.04. The molecule has 1 aromatic carbocycles. The number of nitrogens with zero attached hydrogens (tertiary/aromatic N) is 3. The molecule has 0 bridgehead atoms. The summed E-state index contributed by atoms with van der Waals surface area (Å²) < 4.78 is 12.4. The highest BCUT2D eigenvalue weighted by atomic mass is 19.1. The Bertz CT molecular complexity index is 405. The number of carbonyl (C=O) groups excluding carboxylic acids is 1. The van der Waals surface area contributed by atoms with Crippen LogP contribution in [0.4, 0.5) is 4.39 Å². The summed E-state index contributed by atoms with van der Waals surface area (Å²) in [7, 11) is 0. The van der Waals surface area contributed by atoms with Gasteiger partial charge in [-0.3, -0.25) is 4.79 Å². The Morgan fingerprint density at radius 3 is 2.64 bits per heavy atom. The second-order valence-electron chi connectivity index (χ2n) is 2.41. The predicted octanol–water partition coefficient (Wildman–Crippen LogP) is 2.68. The molecule has 0 fully saturated rings. The Labute approximate surface area is 79.3 Å². The van der Waals surface area contributed by atoms with Crippen molar-refractivity contribution >= 4 is 12.0 Å². The molecule has 0 saturated carbocycles. The molecule has 0 aromatic heterocycles. The second-order valence-corrected chi connectivity index (χ2v) is 2.41. The van der Waals surface area contributed by atoms with Crippen LogP contribution in [0.5, 0.6) is 0 Å². The molecule has 0 radical (unpaired) electrons. The lowest BCUT2D eigenvalue weighted by molar-refractivity contribution is -0.113. The van der Waals surface area contributed by atoms with Gasteiger partial charge in [0.2, 0.25) is 5.91 Å². The minimum absolute atomic E-state index is 0.344. The summed E-state index contributed by atoms with van der Waals surface area (Å²) in [6, 6.07) is 5.57. The van der Waals surface area contributed by atoms with E-state index in [4.69, 9.17) is 5.53 Å². The zero-order valence-corrected chi connectivity index (χ0v) is 7.09. The van der Waals surface area contributed by atoms with Gasteiger partial charge in [-0.1, -0.05) is 18.2 Å². The van der Waals surface area contributed by atoms with E-state index >= 15 is 0 Å². The third-order valence-corrected chi connectivity index (χ3v) is 1.43. The zero-order valence-electron chi connectivity index (χ0n) is 7.09. The first-order valence-electron chi connectivity index (χ1n) is 3.75. The molecule has 0 heterocycles. The van der Waals surface area contributed by atoms with E-state index in [0.29, 0.717) is 5.56 Å². The smallest absolute Gasteiger partial charge is 0.242 e. The van der Waals surface area contributed by atoms with Crippen molar-refractivity contribution in [2.75, 3.05) is 0 Å². The van der Waals surface area contributed by atoms with Crippen LogP contribution in [0.3, 0.4) is 0 Å². The average Bonchev–Trinajstić information content (AvgIpc) is 2.17. The van der Waals surface area contributed by atoms with E-state index in [2.05, 4.69) is 10.0 Å². The van der Waals surface area contributed by atoms with Crippen molar-refractivity contribution in [3.05, 3.63) is 52.2 Å². The molecule has 1 aromatic rings. The molecule has 0 unspecified atom stereocenters. The van der Waals surface area contributed by atoms with Gasteiger partial charge in [0.1, 0.15) is 5.82 Å². The van der Waals surface area contributed by atoms with Crippen LogP contribution in [-0.4, -0.2) is 5.91 Å². The van der Waals surface area contributed by atoms with Crippen molar-refractivity contribution < 1.29 is 9.18 Å². The Hall–Kier alpha value is -2.13. The second kappa shape index (κ2) is 4.79. The molecule has 4 nitrogen and oxygen atoms in total. The maximum absolute atomic E-state index is 12.4. The van der Waals surface area contributed by atoms with Crippen molar-refractivity contribution in [1.82, 2.24) is 0 Å². The summed E-state index contributed by atoms with van der Waals surface area (Å²) in [5.74, 6) is -1.03. The molecule has 1 amide bonds. The molecule has 0 saturated heterocycles. The molecule has 0 N–H and O–H groups in total. The first-order chi connectivity index (χ1) is 6.72. The minimum atomic E-state index is -0.683. The van der Waals surface area contributed by atoms with Crippen molar-refractivity contribution in [3.8, 4) is 0 Å². The normalized spacial score (nSPS) is 9.79. The van der Waals surface area contributed by atoms with Crippen LogP contribution in [0.15, 0.2) is 35.5 Å². The lowest BCUT2D eigenvalue weighted by atomic mass is 10.2. The quantitative estimate of drug-likeness (QED) is 0.306. The first-order valence-corrected chi connectivity index (χ1v) is 3.75. The zero-order chi connectivity index (χ0) is 10.4. The molecular formula is C9H6FN3O. The lowest BCUT2D eigenvalue weighted by Crippen LogP contribution is -1.82. The molecule has 70 valence electrons. The van der Waals surface area contributed by atoms with Crippen LogP contribution in [0, 0.1) is 5.82 Å². The number of rotatable bonds is 2. The van der Waals surface area contributed by atoms with E-state index in [9.17, 15) is 9.18 Å². The average molecular weight is 191 g/mol. The minimum Gasteiger partial charge on any atom is -0.288 e. The van der Waals surface area contributed by atoms with Gasteiger partial charge in [0.05, 0.1) is 0 Å². The molecule has 0 atom stereocenters. The summed E-state index contributed by atoms with van der Waals surface area (Å²) in [5, 5.41) is 2.84. The van der Waals surface area contributed by atoms with Crippen LogP contribution in [0.2, 0.25) is 0 Å². The summed E-state index contributed by atoms with van der Waals surface area (Å²) in [5.41, 5.74) is 8.58. The number of azide groups is 1. The molecule has 1 rings (SSSR count). The van der Waals surface area contributed by atoms with Crippen LogP contribution in [0.1, 0.15) is 5.56 Å². The van der Waals surface area contributed by atoms with Crippen molar-refractivity contribution in [3.63, 3.8) is 0 Å². The number of amides is 1. The topological polar surface area (TPSA) is 65.8 Å². The molecular weight excluding hydrogens is 185 g/mol. The van der Waals surface area contributed by atoms with Crippen LogP contribution < -0.4 is 0 Å². The Balaban J connectivity index is 2.73. The molecule has 0 aliphatic rings. The van der Waals surface area contributed by atoms with Gasteiger partial charge in [-0.25, -0.2) is 4.39 Å². The maximum Gasteiger partial charge on any atom is 0.242 e. The molecule has 0 spiro atoms. The SMILES string of the molecule is [N-]=[N+]=NC(=O)/C=C/c1ccc(F)cc1. The predicted molar refractivity (Wildman–Crippen MR) is 49.6 cm³/mol. The Kier molecular flexibility index (Phi) is 3.41. The standard InChI is InChI=1S/C9H6FN3O/c10-8-4-1-7(2-5-8)3-6-9(14)12-13-11/h1-6H/b6-3+. The van der Waals surface area contributed by atoms with Gasteiger partial charge in [0.15, 0.2) is 0 Å². The van der Waals surface area contributed by atoms with E-state index < -0.39 is 5.91 Å². The van der Waals surface area contributed by atoms with Gasteiger partial charge in [-0.15, -0.1) is 0 Å². The Morgan fingerprint density at radius 2 is 2.07 bits per heavy atom. The number of benzene rings is 1. The first kappa shape index (κ1) is 9.95. The highest BCUT2D eigenvalue weighted by Gasteiger charge is 1.91. The third-order valence-electron chi connectivity index (χ3n) is 1.43.